The number of methoxy groups -OCH3 is 1. The third kappa shape index (κ3) is 6.08. The molecule has 4 aromatic rings. The summed E-state index contributed by atoms with van der Waals surface area (Å²) in [5, 5.41) is 9.60. The highest BCUT2D eigenvalue weighted by Gasteiger charge is 2.20. The van der Waals surface area contributed by atoms with Crippen molar-refractivity contribution in [3.05, 3.63) is 60.2 Å². The summed E-state index contributed by atoms with van der Waals surface area (Å²) in [4.78, 5) is 16.7. The average molecular weight is 509 g/mol. The molecule has 0 saturated heterocycles. The first-order valence-electron chi connectivity index (χ1n) is 11.7. The van der Waals surface area contributed by atoms with Crippen molar-refractivity contribution in [2.75, 3.05) is 17.7 Å². The fourth-order valence-electron chi connectivity index (χ4n) is 3.47. The van der Waals surface area contributed by atoms with Gasteiger partial charge in [0.25, 0.3) is 0 Å². The van der Waals surface area contributed by atoms with Gasteiger partial charge in [-0.15, -0.1) is 0 Å². The normalized spacial score (nSPS) is 11.5. The van der Waals surface area contributed by atoms with E-state index in [1.54, 1.807) is 37.6 Å². The molecule has 2 amide bonds. The second-order valence-electron chi connectivity index (χ2n) is 9.65. The third-order valence-corrected chi connectivity index (χ3v) is 5.25. The minimum Gasteiger partial charge on any atom is -0.493 e. The number of carbonyl (C=O) groups excluding carboxylic acids is 1. The first kappa shape index (κ1) is 25.7. The first-order valence-corrected chi connectivity index (χ1v) is 11.7. The summed E-state index contributed by atoms with van der Waals surface area (Å²) >= 11 is 0. The molecule has 194 valence electrons. The predicted octanol–water partition coefficient (Wildman–Crippen LogP) is 6.89. The number of rotatable bonds is 7. The van der Waals surface area contributed by atoms with Gasteiger partial charge in [-0.2, -0.15) is 0 Å². The molecule has 0 saturated carbocycles. The summed E-state index contributed by atoms with van der Waals surface area (Å²) in [6.45, 7) is 9.71. The van der Waals surface area contributed by atoms with E-state index in [1.807, 2.05) is 34.6 Å². The van der Waals surface area contributed by atoms with E-state index < -0.39 is 11.8 Å². The number of ether oxygens (including phenoxy) is 3. The van der Waals surface area contributed by atoms with Gasteiger partial charge in [-0.05, 0) is 38.1 Å². The van der Waals surface area contributed by atoms with Crippen LogP contribution in [-0.4, -0.2) is 29.4 Å². The van der Waals surface area contributed by atoms with Crippen LogP contribution < -0.4 is 24.8 Å². The Bertz CT molecular complexity index is 1430. The maximum absolute atomic E-state index is 14.9. The Labute approximate surface area is 213 Å². The van der Waals surface area contributed by atoms with Crippen molar-refractivity contribution < 1.29 is 27.9 Å². The number of hydrogen-bond acceptors (Lipinski definition) is 7. The van der Waals surface area contributed by atoms with Gasteiger partial charge < -0.3 is 24.1 Å². The third-order valence-electron chi connectivity index (χ3n) is 5.25. The van der Waals surface area contributed by atoms with Gasteiger partial charge in [0.15, 0.2) is 28.9 Å². The van der Waals surface area contributed by atoms with Crippen LogP contribution in [0.25, 0.3) is 10.9 Å². The van der Waals surface area contributed by atoms with Gasteiger partial charge in [0.2, 0.25) is 0 Å². The summed E-state index contributed by atoms with van der Waals surface area (Å²) in [5.41, 5.74) is 0.583. The van der Waals surface area contributed by atoms with Crippen molar-refractivity contribution in [2.45, 2.75) is 46.1 Å². The lowest BCUT2D eigenvalue weighted by atomic mass is 9.93. The maximum Gasteiger partial charge on any atom is 0.324 e. The fraction of sp³-hybridized carbons (Fsp3) is 0.296. The lowest BCUT2D eigenvalue weighted by molar-refractivity contribution is 0.230. The number of nitrogens with one attached hydrogen (secondary N) is 2. The van der Waals surface area contributed by atoms with Gasteiger partial charge in [0.05, 0.1) is 18.7 Å². The highest BCUT2D eigenvalue weighted by atomic mass is 19.1. The van der Waals surface area contributed by atoms with Crippen LogP contribution >= 0.6 is 0 Å². The summed E-state index contributed by atoms with van der Waals surface area (Å²) in [5.74, 6) is 1.64. The molecular weight excluding hydrogens is 479 g/mol. The van der Waals surface area contributed by atoms with Crippen LogP contribution in [0.3, 0.4) is 0 Å². The van der Waals surface area contributed by atoms with Crippen LogP contribution in [0.5, 0.6) is 23.0 Å². The zero-order valence-corrected chi connectivity index (χ0v) is 21.5. The quantitative estimate of drug-likeness (QED) is 0.280. The van der Waals surface area contributed by atoms with Gasteiger partial charge in [-0.3, -0.25) is 10.3 Å². The molecule has 4 rings (SSSR count). The summed E-state index contributed by atoms with van der Waals surface area (Å²) in [6.07, 6.45) is 1.49. The lowest BCUT2D eigenvalue weighted by Gasteiger charge is -2.16. The number of urea groups is 1. The van der Waals surface area contributed by atoms with E-state index in [1.165, 1.54) is 12.1 Å². The molecule has 0 radical (unpaired) electrons. The van der Waals surface area contributed by atoms with E-state index in [0.29, 0.717) is 33.9 Å². The minimum atomic E-state index is -0.661. The number of anilines is 2. The molecule has 0 spiro atoms. The molecule has 0 unspecified atom stereocenters. The van der Waals surface area contributed by atoms with E-state index in [9.17, 15) is 9.18 Å². The Morgan fingerprint density at radius 3 is 2.43 bits per heavy atom. The molecule has 0 fully saturated rings. The van der Waals surface area contributed by atoms with Crippen LogP contribution in [0.2, 0.25) is 0 Å². The second kappa shape index (κ2) is 10.3. The number of aromatic nitrogens is 2. The number of hydrogen-bond donors (Lipinski definition) is 2. The van der Waals surface area contributed by atoms with Crippen molar-refractivity contribution in [1.82, 2.24) is 10.1 Å². The molecule has 0 atom stereocenters. The van der Waals surface area contributed by atoms with Crippen LogP contribution in [0.15, 0.2) is 53.2 Å². The Morgan fingerprint density at radius 1 is 1.00 bits per heavy atom. The summed E-state index contributed by atoms with van der Waals surface area (Å²) in [6, 6.07) is 10.3. The Balaban J connectivity index is 1.51. The van der Waals surface area contributed by atoms with Crippen molar-refractivity contribution in [3.8, 4) is 23.0 Å². The van der Waals surface area contributed by atoms with Crippen molar-refractivity contribution >= 4 is 28.4 Å². The number of halogens is 1. The van der Waals surface area contributed by atoms with Gasteiger partial charge in [-0.1, -0.05) is 25.9 Å². The zero-order valence-electron chi connectivity index (χ0n) is 21.5. The number of benzene rings is 2. The summed E-state index contributed by atoms with van der Waals surface area (Å²) in [7, 11) is 1.55. The van der Waals surface area contributed by atoms with Crippen molar-refractivity contribution in [2.24, 2.45) is 0 Å². The molecule has 0 aliphatic heterocycles. The molecule has 2 aromatic carbocycles. The molecule has 2 aromatic heterocycles. The highest BCUT2D eigenvalue weighted by Crippen LogP contribution is 2.38. The van der Waals surface area contributed by atoms with Gasteiger partial charge in [0.1, 0.15) is 11.5 Å². The second-order valence-corrected chi connectivity index (χ2v) is 9.65. The minimum absolute atomic E-state index is 0.0214. The molecule has 2 heterocycles. The monoisotopic (exact) mass is 508 g/mol. The van der Waals surface area contributed by atoms with E-state index >= 15 is 0 Å². The first-order chi connectivity index (χ1) is 17.5. The van der Waals surface area contributed by atoms with Crippen LogP contribution in [0, 0.1) is 5.82 Å². The molecule has 0 bridgehead atoms. The SMILES string of the molecule is COc1cc2nccc(Oc3ccc(NC(=O)Nc4cc(C(C)(C)C)on4)cc3F)c2cc1OC(C)C. The molecule has 0 aliphatic rings. The number of nitrogens with zero attached hydrogens (tertiary/aromatic N) is 2. The number of amides is 2. The average Bonchev–Trinajstić information content (AvgIpc) is 3.29. The molecule has 9 nitrogen and oxygen atoms in total. The Hall–Kier alpha value is -4.34. The molecule has 10 heteroatoms. The molecular formula is C27H29FN4O5. The topological polar surface area (TPSA) is 108 Å². The van der Waals surface area contributed by atoms with Crippen molar-refractivity contribution in [3.63, 3.8) is 0 Å². The van der Waals surface area contributed by atoms with E-state index in [-0.39, 0.29) is 28.8 Å². The maximum atomic E-state index is 14.9. The van der Waals surface area contributed by atoms with Gasteiger partial charge in [0, 0.05) is 40.9 Å². The van der Waals surface area contributed by atoms with E-state index in [0.717, 1.165) is 6.07 Å². The van der Waals surface area contributed by atoms with Gasteiger partial charge >= 0.3 is 6.03 Å². The molecule has 2 N–H and O–H groups in total. The fourth-order valence-corrected chi connectivity index (χ4v) is 3.47. The van der Waals surface area contributed by atoms with Crippen LogP contribution in [0.1, 0.15) is 40.4 Å². The van der Waals surface area contributed by atoms with Crippen LogP contribution in [-0.2, 0) is 5.41 Å². The number of fused-ring (bicyclic) bond motifs is 1. The molecule has 0 aliphatic carbocycles. The Morgan fingerprint density at radius 2 is 1.78 bits per heavy atom. The predicted molar refractivity (Wildman–Crippen MR) is 138 cm³/mol. The zero-order chi connectivity index (χ0) is 26.7. The van der Waals surface area contributed by atoms with E-state index in [4.69, 9.17) is 18.7 Å². The van der Waals surface area contributed by atoms with Crippen LogP contribution in [0.4, 0.5) is 20.7 Å². The largest absolute Gasteiger partial charge is 0.493 e. The Kier molecular flexibility index (Phi) is 7.19. The summed E-state index contributed by atoms with van der Waals surface area (Å²) < 4.78 is 37.3. The van der Waals surface area contributed by atoms with Gasteiger partial charge in [-0.25, -0.2) is 9.18 Å². The van der Waals surface area contributed by atoms with E-state index in [2.05, 4.69) is 20.8 Å². The number of carbonyl (C=O) groups is 1. The lowest BCUT2D eigenvalue weighted by Crippen LogP contribution is -2.19. The number of pyridine rings is 1. The molecule has 37 heavy (non-hydrogen) atoms. The highest BCUT2D eigenvalue weighted by molar-refractivity contribution is 5.99. The smallest absolute Gasteiger partial charge is 0.324 e. The van der Waals surface area contributed by atoms with Crippen molar-refractivity contribution in [1.29, 1.82) is 0 Å². The standard InChI is InChI=1S/C27H29FN4O5/c1-15(2)35-23-12-17-19(13-22(23)34-6)29-10-9-20(17)36-21-8-7-16(11-18(21)28)30-26(33)31-25-14-24(37-32-25)27(3,4)5/h7-15H,1-6H3,(H2,30,31,32,33).